The maximum atomic E-state index is 14.2. The van der Waals surface area contributed by atoms with Crippen molar-refractivity contribution in [3.8, 4) is 17.1 Å². The van der Waals surface area contributed by atoms with Crippen LogP contribution in [0, 0.1) is 18.6 Å². The summed E-state index contributed by atoms with van der Waals surface area (Å²) in [7, 11) is 0. The highest BCUT2D eigenvalue weighted by atomic mass is 32.1. The lowest BCUT2D eigenvalue weighted by Gasteiger charge is -2.22. The summed E-state index contributed by atoms with van der Waals surface area (Å²) in [6.45, 7) is 2.41. The number of halogens is 2. The van der Waals surface area contributed by atoms with Crippen molar-refractivity contribution in [2.75, 3.05) is 6.54 Å². The van der Waals surface area contributed by atoms with Crippen LogP contribution in [0.15, 0.2) is 47.3 Å². The zero-order valence-electron chi connectivity index (χ0n) is 17.5. The second-order valence-corrected chi connectivity index (χ2v) is 8.79. The van der Waals surface area contributed by atoms with Crippen LogP contribution in [0.4, 0.5) is 13.6 Å². The van der Waals surface area contributed by atoms with Gasteiger partial charge >= 0.3 is 6.09 Å². The van der Waals surface area contributed by atoms with Crippen molar-refractivity contribution >= 4 is 27.8 Å². The summed E-state index contributed by atoms with van der Waals surface area (Å²) in [5, 5.41) is 0.554. The zero-order chi connectivity index (χ0) is 23.1. The molecule has 0 unspecified atom stereocenters. The van der Waals surface area contributed by atoms with Crippen LogP contribution < -0.4 is 10.3 Å². The third-order valence-electron chi connectivity index (χ3n) is 5.44. The van der Waals surface area contributed by atoms with E-state index in [1.165, 1.54) is 17.4 Å². The second kappa shape index (κ2) is 8.36. The first kappa shape index (κ1) is 21.2. The van der Waals surface area contributed by atoms with E-state index in [4.69, 9.17) is 4.74 Å². The minimum Gasteiger partial charge on any atom is -0.410 e. The number of hydrogen-bond donors (Lipinski definition) is 1. The molecular weight excluding hydrogens is 450 g/mol. The van der Waals surface area contributed by atoms with Gasteiger partial charge in [0.25, 0.3) is 5.56 Å². The smallest absolute Gasteiger partial charge is 0.410 e. The zero-order valence-corrected chi connectivity index (χ0v) is 18.3. The van der Waals surface area contributed by atoms with Crippen molar-refractivity contribution < 1.29 is 18.3 Å². The first-order valence-corrected chi connectivity index (χ1v) is 11.1. The maximum absolute atomic E-state index is 14.2. The van der Waals surface area contributed by atoms with Gasteiger partial charge < -0.3 is 9.72 Å². The molecule has 1 aliphatic heterocycles. The van der Waals surface area contributed by atoms with Crippen LogP contribution in [0.2, 0.25) is 0 Å². The van der Waals surface area contributed by atoms with E-state index in [1.54, 1.807) is 17.0 Å². The Morgan fingerprint density at radius 2 is 2.06 bits per heavy atom. The molecule has 1 saturated heterocycles. The molecular formula is C23H18F2N4O3S. The lowest BCUT2D eigenvalue weighted by molar-refractivity contribution is 0.147. The molecule has 168 valence electrons. The van der Waals surface area contributed by atoms with E-state index in [1.807, 2.05) is 19.1 Å². The number of nitrogens with one attached hydrogen (secondary N) is 1. The van der Waals surface area contributed by atoms with Crippen LogP contribution in [0.1, 0.15) is 29.5 Å². The SMILES string of the molecule is Cc1cccc(OC(=O)N2CCC[C@@H]2c2nc3c(=O)[nH]c(-c4ccc(F)cc4F)nc3s2)c1. The largest absolute Gasteiger partial charge is 0.415 e. The van der Waals surface area contributed by atoms with E-state index in [0.717, 1.165) is 24.1 Å². The van der Waals surface area contributed by atoms with E-state index in [9.17, 15) is 18.4 Å². The lowest BCUT2D eigenvalue weighted by atomic mass is 10.2. The Morgan fingerprint density at radius 1 is 1.21 bits per heavy atom. The molecule has 1 fully saturated rings. The van der Waals surface area contributed by atoms with Gasteiger partial charge in [0.15, 0.2) is 10.3 Å². The summed E-state index contributed by atoms with van der Waals surface area (Å²) in [5.74, 6) is -1.11. The number of aryl methyl sites for hydroxylation is 1. The number of nitrogens with zero attached hydrogens (tertiary/aromatic N) is 3. The summed E-state index contributed by atoms with van der Waals surface area (Å²) in [6, 6.07) is 9.90. The number of amides is 1. The number of likely N-dealkylation sites (tertiary alicyclic amines) is 1. The van der Waals surface area contributed by atoms with Gasteiger partial charge in [-0.2, -0.15) is 0 Å². The van der Waals surface area contributed by atoms with Gasteiger partial charge in [0.05, 0.1) is 11.6 Å². The highest BCUT2D eigenvalue weighted by molar-refractivity contribution is 7.18. The average Bonchev–Trinajstić information content (AvgIpc) is 3.41. The molecule has 1 aliphatic rings. The van der Waals surface area contributed by atoms with Gasteiger partial charge in [-0.1, -0.05) is 23.5 Å². The molecule has 0 aliphatic carbocycles. The molecule has 1 amide bonds. The van der Waals surface area contributed by atoms with Crippen LogP contribution in [0.25, 0.3) is 21.7 Å². The average molecular weight is 468 g/mol. The number of H-pyrrole nitrogens is 1. The van der Waals surface area contributed by atoms with Gasteiger partial charge in [-0.05, 0) is 49.6 Å². The number of carbonyl (C=O) groups is 1. The van der Waals surface area contributed by atoms with E-state index < -0.39 is 23.3 Å². The molecule has 5 rings (SSSR count). The van der Waals surface area contributed by atoms with Gasteiger partial charge in [-0.25, -0.2) is 23.5 Å². The Hall–Kier alpha value is -3.66. The van der Waals surface area contributed by atoms with Crippen LogP contribution in [0.3, 0.4) is 0 Å². The number of benzene rings is 2. The van der Waals surface area contributed by atoms with Crippen molar-refractivity contribution in [1.82, 2.24) is 19.9 Å². The Morgan fingerprint density at radius 3 is 2.85 bits per heavy atom. The fourth-order valence-corrected chi connectivity index (χ4v) is 4.97. The summed E-state index contributed by atoms with van der Waals surface area (Å²) < 4.78 is 33.0. The minimum absolute atomic E-state index is 0.0117. The third-order valence-corrected chi connectivity index (χ3v) is 6.49. The van der Waals surface area contributed by atoms with Crippen molar-refractivity contribution in [3.05, 3.63) is 75.0 Å². The number of carbonyl (C=O) groups excluding carboxylic acids is 1. The lowest BCUT2D eigenvalue weighted by Crippen LogP contribution is -2.33. The molecule has 0 bridgehead atoms. The van der Waals surface area contributed by atoms with Gasteiger partial charge in [-0.15, -0.1) is 0 Å². The quantitative estimate of drug-likeness (QED) is 0.459. The highest BCUT2D eigenvalue weighted by Crippen LogP contribution is 2.36. The van der Waals surface area contributed by atoms with Gasteiger partial charge in [0.2, 0.25) is 0 Å². The van der Waals surface area contributed by atoms with Crippen LogP contribution in [0.5, 0.6) is 5.75 Å². The Balaban J connectivity index is 1.46. The maximum Gasteiger partial charge on any atom is 0.415 e. The number of aromatic amines is 1. The van der Waals surface area contributed by atoms with E-state index >= 15 is 0 Å². The number of thiazole rings is 1. The Labute approximate surface area is 190 Å². The van der Waals surface area contributed by atoms with Gasteiger partial charge in [0, 0.05) is 12.6 Å². The molecule has 0 saturated carbocycles. The fraction of sp³-hybridized carbons (Fsp3) is 0.217. The summed E-state index contributed by atoms with van der Waals surface area (Å²) in [5.41, 5.74) is 0.533. The normalized spacial score (nSPS) is 15.8. The Kier molecular flexibility index (Phi) is 5.37. The molecule has 4 aromatic rings. The molecule has 0 radical (unpaired) electrons. The monoisotopic (exact) mass is 468 g/mol. The molecule has 7 nitrogen and oxygen atoms in total. The minimum atomic E-state index is -0.830. The van der Waals surface area contributed by atoms with Crippen LogP contribution in [-0.4, -0.2) is 32.5 Å². The predicted octanol–water partition coefficient (Wildman–Crippen LogP) is 4.97. The molecule has 33 heavy (non-hydrogen) atoms. The number of rotatable bonds is 3. The first-order valence-electron chi connectivity index (χ1n) is 10.3. The topological polar surface area (TPSA) is 88.2 Å². The van der Waals surface area contributed by atoms with Gasteiger partial charge in [0.1, 0.15) is 28.2 Å². The molecule has 10 heteroatoms. The standard InChI is InChI=1S/C23H18F2N4O3S/c1-12-4-2-5-14(10-12)32-23(31)29-9-3-6-17(29)21-26-18-20(30)27-19(28-22(18)33-21)15-8-7-13(24)11-16(15)25/h2,4-5,7-8,10-11,17H,3,6,9H2,1H3,(H,27,28,30)/t17-/m1/s1. The van der Waals surface area contributed by atoms with E-state index in [2.05, 4.69) is 15.0 Å². The molecule has 2 aromatic carbocycles. The van der Waals surface area contributed by atoms with Crippen molar-refractivity contribution in [1.29, 1.82) is 0 Å². The highest BCUT2D eigenvalue weighted by Gasteiger charge is 2.34. The van der Waals surface area contributed by atoms with Crippen molar-refractivity contribution in [3.63, 3.8) is 0 Å². The Bertz CT molecular complexity index is 1430. The second-order valence-electron chi connectivity index (χ2n) is 7.78. The molecule has 1 atom stereocenters. The van der Waals surface area contributed by atoms with E-state index in [-0.39, 0.29) is 22.9 Å². The predicted molar refractivity (Wildman–Crippen MR) is 119 cm³/mol. The third kappa shape index (κ3) is 4.09. The number of aromatic nitrogens is 3. The van der Waals surface area contributed by atoms with E-state index in [0.29, 0.717) is 28.6 Å². The number of ether oxygens (including phenoxy) is 1. The summed E-state index contributed by atoms with van der Waals surface area (Å²) in [6.07, 6.45) is 0.942. The number of hydrogen-bond acceptors (Lipinski definition) is 6. The van der Waals surface area contributed by atoms with Gasteiger partial charge in [-0.3, -0.25) is 9.69 Å². The molecule has 3 heterocycles. The molecule has 0 spiro atoms. The van der Waals surface area contributed by atoms with Crippen molar-refractivity contribution in [2.45, 2.75) is 25.8 Å². The first-order chi connectivity index (χ1) is 15.9. The summed E-state index contributed by atoms with van der Waals surface area (Å²) in [4.78, 5) is 38.6. The fourth-order valence-electron chi connectivity index (χ4n) is 3.88. The summed E-state index contributed by atoms with van der Waals surface area (Å²) >= 11 is 1.17. The molecule has 2 aromatic heterocycles. The van der Waals surface area contributed by atoms with Crippen LogP contribution in [-0.2, 0) is 0 Å². The van der Waals surface area contributed by atoms with Crippen molar-refractivity contribution in [2.24, 2.45) is 0 Å². The molecule has 1 N–H and O–H groups in total. The number of fused-ring (bicyclic) bond motifs is 1. The van der Waals surface area contributed by atoms with Crippen LogP contribution >= 0.6 is 11.3 Å².